The van der Waals surface area contributed by atoms with Crippen molar-refractivity contribution in [3.63, 3.8) is 0 Å². The summed E-state index contributed by atoms with van der Waals surface area (Å²) in [6.07, 6.45) is 1.98. The Labute approximate surface area is 135 Å². The van der Waals surface area contributed by atoms with Crippen molar-refractivity contribution in [1.82, 2.24) is 9.80 Å². The molecule has 3 rings (SSSR count). The van der Waals surface area contributed by atoms with Crippen LogP contribution in [0.15, 0.2) is 30.3 Å². The zero-order valence-corrected chi connectivity index (χ0v) is 13.2. The van der Waals surface area contributed by atoms with Crippen LogP contribution in [0.2, 0.25) is 0 Å². The number of fused-ring (bicyclic) bond motifs is 2. The van der Waals surface area contributed by atoms with E-state index in [-0.39, 0.29) is 30.8 Å². The molecule has 2 bridgehead atoms. The Morgan fingerprint density at radius 2 is 1.83 bits per heavy atom. The lowest BCUT2D eigenvalue weighted by Crippen LogP contribution is -2.52. The third-order valence-corrected chi connectivity index (χ3v) is 4.97. The number of carboxylic acid groups (broad SMARTS) is 1. The predicted molar refractivity (Wildman–Crippen MR) is 84.1 cm³/mol. The molecule has 2 fully saturated rings. The van der Waals surface area contributed by atoms with Gasteiger partial charge in [0.25, 0.3) is 0 Å². The van der Waals surface area contributed by atoms with E-state index in [1.165, 1.54) is 0 Å². The number of hydrogen-bond acceptors (Lipinski definition) is 3. The highest BCUT2D eigenvalue weighted by Crippen LogP contribution is 2.37. The van der Waals surface area contributed by atoms with Crippen LogP contribution >= 0.6 is 0 Å². The monoisotopic (exact) mass is 318 g/mol. The van der Waals surface area contributed by atoms with Gasteiger partial charge in [0.15, 0.2) is 0 Å². The van der Waals surface area contributed by atoms with E-state index in [1.54, 1.807) is 16.8 Å². The van der Waals surface area contributed by atoms with Gasteiger partial charge in [-0.3, -0.25) is 0 Å². The van der Waals surface area contributed by atoms with Gasteiger partial charge in [-0.15, -0.1) is 0 Å². The maximum atomic E-state index is 12.2. The fourth-order valence-corrected chi connectivity index (χ4v) is 3.75. The molecule has 1 N–H and O–H groups in total. The minimum Gasteiger partial charge on any atom is -0.465 e. The summed E-state index contributed by atoms with van der Waals surface area (Å²) in [5.74, 6) is 0. The second-order valence-corrected chi connectivity index (χ2v) is 6.35. The fourth-order valence-electron chi connectivity index (χ4n) is 3.75. The first-order valence-corrected chi connectivity index (χ1v) is 8.01. The van der Waals surface area contributed by atoms with E-state index in [0.717, 1.165) is 18.4 Å². The van der Waals surface area contributed by atoms with Crippen LogP contribution in [0.25, 0.3) is 0 Å². The third kappa shape index (κ3) is 3.25. The summed E-state index contributed by atoms with van der Waals surface area (Å²) in [6, 6.07) is 9.67. The number of amides is 2. The lowest BCUT2D eigenvalue weighted by atomic mass is 9.97. The average molecular weight is 318 g/mol. The normalized spacial score (nSPS) is 26.0. The van der Waals surface area contributed by atoms with Crippen molar-refractivity contribution in [3.05, 3.63) is 35.9 Å². The van der Waals surface area contributed by atoms with E-state index in [0.29, 0.717) is 12.8 Å². The van der Waals surface area contributed by atoms with Gasteiger partial charge in [-0.25, -0.2) is 9.59 Å². The first kappa shape index (κ1) is 15.6. The molecule has 0 aromatic heterocycles. The lowest BCUT2D eigenvalue weighted by Gasteiger charge is -2.40. The summed E-state index contributed by atoms with van der Waals surface area (Å²) in [5.41, 5.74) is 0.954. The Hall–Kier alpha value is -2.24. The molecule has 2 heterocycles. The molecule has 3 atom stereocenters. The Morgan fingerprint density at radius 1 is 1.22 bits per heavy atom. The summed E-state index contributed by atoms with van der Waals surface area (Å²) in [5, 5.41) is 9.28. The molecule has 6 nitrogen and oxygen atoms in total. The van der Waals surface area contributed by atoms with Crippen LogP contribution in [0, 0.1) is 0 Å². The molecular weight excluding hydrogens is 296 g/mol. The minimum atomic E-state index is -0.842. The van der Waals surface area contributed by atoms with Gasteiger partial charge in [-0.1, -0.05) is 30.3 Å². The van der Waals surface area contributed by atoms with Crippen molar-refractivity contribution < 1.29 is 19.4 Å². The van der Waals surface area contributed by atoms with Crippen LogP contribution in [0.4, 0.5) is 9.59 Å². The van der Waals surface area contributed by atoms with E-state index >= 15 is 0 Å². The lowest BCUT2D eigenvalue weighted by molar-refractivity contribution is 0.0501. The SMILES string of the molecule is CN(C(=O)OCc1ccccc1)[C@@H]1C[C@H]2CC[C@@H](C1)N2C(=O)O. The highest BCUT2D eigenvalue weighted by atomic mass is 16.6. The maximum absolute atomic E-state index is 12.2. The number of benzene rings is 1. The van der Waals surface area contributed by atoms with Gasteiger partial charge in [0.2, 0.25) is 0 Å². The first-order chi connectivity index (χ1) is 11.1. The highest BCUT2D eigenvalue weighted by molar-refractivity contribution is 5.68. The Bertz CT molecular complexity index is 563. The number of hydrogen-bond donors (Lipinski definition) is 1. The van der Waals surface area contributed by atoms with Gasteiger partial charge >= 0.3 is 12.2 Å². The van der Waals surface area contributed by atoms with E-state index in [4.69, 9.17) is 4.74 Å². The van der Waals surface area contributed by atoms with Crippen LogP contribution in [-0.4, -0.2) is 52.3 Å². The van der Waals surface area contributed by atoms with Crippen molar-refractivity contribution >= 4 is 12.2 Å². The van der Waals surface area contributed by atoms with Crippen molar-refractivity contribution in [2.45, 2.75) is 50.4 Å². The second kappa shape index (κ2) is 6.48. The van der Waals surface area contributed by atoms with E-state index in [2.05, 4.69) is 0 Å². The zero-order chi connectivity index (χ0) is 16.4. The van der Waals surface area contributed by atoms with Crippen LogP contribution in [-0.2, 0) is 11.3 Å². The number of ether oxygens (including phenoxy) is 1. The summed E-state index contributed by atoms with van der Waals surface area (Å²) in [7, 11) is 1.74. The molecule has 0 saturated carbocycles. The van der Waals surface area contributed by atoms with Gasteiger partial charge in [-0.05, 0) is 31.2 Å². The fraction of sp³-hybridized carbons (Fsp3) is 0.529. The van der Waals surface area contributed by atoms with Crippen LogP contribution in [0.5, 0.6) is 0 Å². The van der Waals surface area contributed by atoms with Crippen LogP contribution in [0.3, 0.4) is 0 Å². The molecule has 124 valence electrons. The van der Waals surface area contributed by atoms with Gasteiger partial charge in [0, 0.05) is 25.2 Å². The first-order valence-electron chi connectivity index (χ1n) is 8.01. The molecule has 0 radical (unpaired) electrons. The smallest absolute Gasteiger partial charge is 0.410 e. The zero-order valence-electron chi connectivity index (χ0n) is 13.2. The van der Waals surface area contributed by atoms with Crippen molar-refractivity contribution in [3.8, 4) is 0 Å². The topological polar surface area (TPSA) is 70.1 Å². The van der Waals surface area contributed by atoms with E-state index < -0.39 is 6.09 Å². The molecule has 6 heteroatoms. The molecular formula is C17H22N2O4. The predicted octanol–water partition coefficient (Wildman–Crippen LogP) is 2.93. The summed E-state index contributed by atoms with van der Waals surface area (Å²) < 4.78 is 5.37. The van der Waals surface area contributed by atoms with E-state index in [9.17, 15) is 14.7 Å². The Kier molecular flexibility index (Phi) is 4.41. The summed E-state index contributed by atoms with van der Waals surface area (Å²) >= 11 is 0. The van der Waals surface area contributed by atoms with Crippen molar-refractivity contribution in [2.75, 3.05) is 7.05 Å². The average Bonchev–Trinajstić information content (AvgIpc) is 2.83. The van der Waals surface area contributed by atoms with Crippen LogP contribution in [0.1, 0.15) is 31.2 Å². The number of piperidine rings is 1. The Balaban J connectivity index is 1.55. The third-order valence-electron chi connectivity index (χ3n) is 4.97. The number of nitrogens with zero attached hydrogens (tertiary/aromatic N) is 2. The summed E-state index contributed by atoms with van der Waals surface area (Å²) in [6.45, 7) is 0.255. The molecule has 2 amide bonds. The van der Waals surface area contributed by atoms with Gasteiger partial charge < -0.3 is 19.6 Å². The Morgan fingerprint density at radius 3 is 2.39 bits per heavy atom. The van der Waals surface area contributed by atoms with E-state index in [1.807, 2.05) is 30.3 Å². The van der Waals surface area contributed by atoms with Crippen molar-refractivity contribution in [1.29, 1.82) is 0 Å². The standard InChI is InChI=1S/C17H22N2O4/c1-18(17(22)23-11-12-5-3-2-4-6-12)15-9-13-7-8-14(10-15)19(13)16(20)21/h2-6,13-15H,7-11H2,1H3,(H,20,21)/t13-,14+,15-. The largest absolute Gasteiger partial charge is 0.465 e. The molecule has 0 spiro atoms. The highest BCUT2D eigenvalue weighted by Gasteiger charge is 2.45. The molecule has 2 saturated heterocycles. The second-order valence-electron chi connectivity index (χ2n) is 6.35. The number of carbonyl (C=O) groups is 2. The molecule has 1 aromatic rings. The van der Waals surface area contributed by atoms with Gasteiger partial charge in [0.05, 0.1) is 0 Å². The number of carbonyl (C=O) groups excluding carboxylic acids is 1. The molecule has 2 aliphatic rings. The molecule has 0 aliphatic carbocycles. The quantitative estimate of drug-likeness (QED) is 0.930. The molecule has 1 aromatic carbocycles. The number of rotatable bonds is 3. The molecule has 23 heavy (non-hydrogen) atoms. The maximum Gasteiger partial charge on any atom is 0.410 e. The molecule has 0 unspecified atom stereocenters. The molecule has 2 aliphatic heterocycles. The van der Waals surface area contributed by atoms with Gasteiger partial charge in [-0.2, -0.15) is 0 Å². The minimum absolute atomic E-state index is 0.0284. The summed E-state index contributed by atoms with van der Waals surface area (Å²) in [4.78, 5) is 26.7. The van der Waals surface area contributed by atoms with Gasteiger partial charge in [0.1, 0.15) is 6.61 Å². The van der Waals surface area contributed by atoms with Crippen LogP contribution < -0.4 is 0 Å². The van der Waals surface area contributed by atoms with Crippen molar-refractivity contribution in [2.24, 2.45) is 0 Å².